The van der Waals surface area contributed by atoms with Crippen molar-refractivity contribution in [3.8, 4) is 27.6 Å². The standard InChI is InChI=1S/C21H16N6OS/c28-19-17(14-7-3-1-4-8-14)12-23-21-25-20(26-27(19)21)22-11-16-13-29-18(24-16)15-9-5-2-6-10-15/h1-10,12-13,28H,11H2,(H,22,26). The molecule has 0 fully saturated rings. The van der Waals surface area contributed by atoms with Gasteiger partial charge in [0.2, 0.25) is 11.8 Å². The average molecular weight is 400 g/mol. The first kappa shape index (κ1) is 17.3. The molecule has 0 saturated heterocycles. The Hall–Kier alpha value is -3.78. The van der Waals surface area contributed by atoms with Gasteiger partial charge in [0.25, 0.3) is 5.78 Å². The molecule has 0 bridgehead atoms. The lowest BCUT2D eigenvalue weighted by Crippen LogP contribution is -2.01. The molecule has 5 aromatic rings. The quantitative estimate of drug-likeness (QED) is 0.459. The number of rotatable bonds is 5. The fourth-order valence-electron chi connectivity index (χ4n) is 2.99. The second-order valence-corrected chi connectivity index (χ2v) is 7.23. The maximum absolute atomic E-state index is 10.6. The lowest BCUT2D eigenvalue weighted by atomic mass is 10.1. The lowest BCUT2D eigenvalue weighted by Gasteiger charge is -2.04. The zero-order valence-corrected chi connectivity index (χ0v) is 16.0. The Bertz CT molecular complexity index is 1270. The van der Waals surface area contributed by atoms with E-state index in [1.165, 1.54) is 4.52 Å². The molecule has 7 nitrogen and oxygen atoms in total. The first-order chi connectivity index (χ1) is 14.3. The summed E-state index contributed by atoms with van der Waals surface area (Å²) in [6.45, 7) is 0.479. The molecule has 0 spiro atoms. The Morgan fingerprint density at radius 2 is 1.66 bits per heavy atom. The Balaban J connectivity index is 1.36. The second kappa shape index (κ2) is 7.33. The van der Waals surface area contributed by atoms with Gasteiger partial charge >= 0.3 is 0 Å². The van der Waals surface area contributed by atoms with Crippen LogP contribution in [-0.4, -0.2) is 29.7 Å². The third-order valence-electron chi connectivity index (χ3n) is 4.43. The minimum absolute atomic E-state index is 0.00164. The molecule has 0 aliphatic heterocycles. The van der Waals surface area contributed by atoms with Crippen LogP contribution in [-0.2, 0) is 6.54 Å². The fraction of sp³-hybridized carbons (Fsp3) is 0.0476. The number of benzene rings is 2. The minimum atomic E-state index is 0.00164. The van der Waals surface area contributed by atoms with Crippen molar-refractivity contribution in [3.05, 3.63) is 77.9 Å². The highest BCUT2D eigenvalue weighted by Crippen LogP contribution is 2.28. The number of nitrogens with zero attached hydrogens (tertiary/aromatic N) is 5. The highest BCUT2D eigenvalue weighted by atomic mass is 32.1. The zero-order valence-electron chi connectivity index (χ0n) is 15.2. The summed E-state index contributed by atoms with van der Waals surface area (Å²) in [5.74, 6) is 0.710. The number of anilines is 1. The van der Waals surface area contributed by atoms with Crippen LogP contribution < -0.4 is 5.32 Å². The molecule has 3 heterocycles. The van der Waals surface area contributed by atoms with Crippen molar-refractivity contribution in [2.24, 2.45) is 0 Å². The summed E-state index contributed by atoms with van der Waals surface area (Å²) < 4.78 is 1.33. The molecule has 0 aliphatic rings. The van der Waals surface area contributed by atoms with Gasteiger partial charge in [0.15, 0.2) is 0 Å². The normalized spacial score (nSPS) is 11.0. The van der Waals surface area contributed by atoms with Crippen molar-refractivity contribution < 1.29 is 5.11 Å². The Kier molecular flexibility index (Phi) is 4.38. The van der Waals surface area contributed by atoms with Crippen LogP contribution in [0.15, 0.2) is 72.2 Å². The minimum Gasteiger partial charge on any atom is -0.493 e. The van der Waals surface area contributed by atoms with Crippen molar-refractivity contribution in [1.29, 1.82) is 0 Å². The van der Waals surface area contributed by atoms with Crippen LogP contribution in [0.1, 0.15) is 5.69 Å². The molecule has 142 valence electrons. The Morgan fingerprint density at radius 1 is 0.931 bits per heavy atom. The number of aromatic hydroxyl groups is 1. The molecule has 0 radical (unpaired) electrons. The predicted octanol–water partition coefficient (Wildman–Crippen LogP) is 4.23. The molecule has 5 rings (SSSR count). The number of thiazole rings is 1. The topological polar surface area (TPSA) is 88.2 Å². The Labute approximate surface area is 170 Å². The molecule has 0 saturated carbocycles. The van der Waals surface area contributed by atoms with Crippen LogP contribution >= 0.6 is 11.3 Å². The first-order valence-corrected chi connectivity index (χ1v) is 9.90. The maximum atomic E-state index is 10.6. The van der Waals surface area contributed by atoms with E-state index in [1.807, 2.05) is 66.0 Å². The number of aromatic nitrogens is 5. The summed E-state index contributed by atoms with van der Waals surface area (Å²) in [5.41, 5.74) is 3.45. The third kappa shape index (κ3) is 3.41. The molecule has 2 N–H and O–H groups in total. The molecule has 0 unspecified atom stereocenters. The summed E-state index contributed by atoms with van der Waals surface area (Å²) in [7, 11) is 0. The summed E-state index contributed by atoms with van der Waals surface area (Å²) in [6.07, 6.45) is 1.60. The Morgan fingerprint density at radius 3 is 2.41 bits per heavy atom. The summed E-state index contributed by atoms with van der Waals surface area (Å²) in [5, 5.41) is 21.1. The molecule has 0 amide bonds. The molecule has 0 aliphatic carbocycles. The van der Waals surface area contributed by atoms with Crippen LogP contribution in [0.2, 0.25) is 0 Å². The van der Waals surface area contributed by atoms with Gasteiger partial charge in [0, 0.05) is 17.1 Å². The molecular weight excluding hydrogens is 384 g/mol. The van der Waals surface area contributed by atoms with Crippen molar-refractivity contribution in [2.45, 2.75) is 6.54 Å². The van der Waals surface area contributed by atoms with Crippen molar-refractivity contribution in [1.82, 2.24) is 24.6 Å². The van der Waals surface area contributed by atoms with Crippen LogP contribution in [0.3, 0.4) is 0 Å². The van der Waals surface area contributed by atoms with Gasteiger partial charge in [-0.15, -0.1) is 16.4 Å². The molecule has 8 heteroatoms. The summed E-state index contributed by atoms with van der Waals surface area (Å²) >= 11 is 1.60. The first-order valence-electron chi connectivity index (χ1n) is 9.02. The number of fused-ring (bicyclic) bond motifs is 1. The van der Waals surface area contributed by atoms with E-state index in [0.29, 0.717) is 23.8 Å². The maximum Gasteiger partial charge on any atom is 0.257 e. The zero-order chi connectivity index (χ0) is 19.6. The van der Waals surface area contributed by atoms with Gasteiger partial charge in [-0.1, -0.05) is 60.7 Å². The lowest BCUT2D eigenvalue weighted by molar-refractivity contribution is 0.437. The van der Waals surface area contributed by atoms with Crippen molar-refractivity contribution >= 4 is 23.1 Å². The van der Waals surface area contributed by atoms with E-state index < -0.39 is 0 Å². The van der Waals surface area contributed by atoms with Gasteiger partial charge in [0.05, 0.1) is 17.8 Å². The third-order valence-corrected chi connectivity index (χ3v) is 5.37. The van der Waals surface area contributed by atoms with Gasteiger partial charge in [-0.25, -0.2) is 9.97 Å². The SMILES string of the molecule is Oc1c(-c2ccccc2)cnc2nc(NCc3csc(-c4ccccc4)n3)nn12. The van der Waals surface area contributed by atoms with Gasteiger partial charge in [0.1, 0.15) is 5.01 Å². The van der Waals surface area contributed by atoms with Gasteiger partial charge < -0.3 is 10.4 Å². The fourth-order valence-corrected chi connectivity index (χ4v) is 3.82. The highest BCUT2D eigenvalue weighted by molar-refractivity contribution is 7.13. The van der Waals surface area contributed by atoms with Crippen LogP contribution in [0.4, 0.5) is 5.95 Å². The van der Waals surface area contributed by atoms with E-state index in [2.05, 4.69) is 25.4 Å². The number of hydrogen-bond acceptors (Lipinski definition) is 7. The molecule has 3 aromatic heterocycles. The van der Waals surface area contributed by atoms with Crippen molar-refractivity contribution in [2.75, 3.05) is 5.32 Å². The van der Waals surface area contributed by atoms with Gasteiger partial charge in [-0.2, -0.15) is 9.50 Å². The summed E-state index contributed by atoms with van der Waals surface area (Å²) in [6, 6.07) is 19.6. The van der Waals surface area contributed by atoms with E-state index in [4.69, 9.17) is 0 Å². The van der Waals surface area contributed by atoms with E-state index in [9.17, 15) is 5.11 Å². The molecule has 2 aromatic carbocycles. The number of hydrogen-bond donors (Lipinski definition) is 2. The average Bonchev–Trinajstić information content (AvgIpc) is 3.41. The van der Waals surface area contributed by atoms with Crippen LogP contribution in [0.25, 0.3) is 27.5 Å². The van der Waals surface area contributed by atoms with E-state index in [1.54, 1.807) is 17.5 Å². The predicted molar refractivity (Wildman–Crippen MR) is 113 cm³/mol. The van der Waals surface area contributed by atoms with Gasteiger partial charge in [-0.3, -0.25) is 0 Å². The summed E-state index contributed by atoms with van der Waals surface area (Å²) in [4.78, 5) is 13.3. The molecule has 29 heavy (non-hydrogen) atoms. The van der Waals surface area contributed by atoms with E-state index in [-0.39, 0.29) is 5.88 Å². The monoisotopic (exact) mass is 400 g/mol. The van der Waals surface area contributed by atoms with Crippen molar-refractivity contribution in [3.63, 3.8) is 0 Å². The van der Waals surface area contributed by atoms with Crippen LogP contribution in [0, 0.1) is 0 Å². The van der Waals surface area contributed by atoms with Gasteiger partial charge in [-0.05, 0) is 5.56 Å². The second-order valence-electron chi connectivity index (χ2n) is 6.37. The largest absolute Gasteiger partial charge is 0.493 e. The molecular formula is C21H16N6OS. The van der Waals surface area contributed by atoms with Crippen LogP contribution in [0.5, 0.6) is 5.88 Å². The van der Waals surface area contributed by atoms with E-state index in [0.717, 1.165) is 21.8 Å². The van der Waals surface area contributed by atoms with E-state index >= 15 is 0 Å². The number of nitrogens with one attached hydrogen (secondary N) is 1. The molecule has 0 atom stereocenters. The smallest absolute Gasteiger partial charge is 0.257 e. The highest BCUT2D eigenvalue weighted by Gasteiger charge is 2.14.